The first-order valence-corrected chi connectivity index (χ1v) is 5.72. The number of rotatable bonds is 0. The van der Waals surface area contributed by atoms with Crippen LogP contribution in [0, 0.1) is 0 Å². The second-order valence-electron chi connectivity index (χ2n) is 0.593. The quantitative estimate of drug-likeness (QED) is 0.379. The first kappa shape index (κ1) is 16.8. The molecule has 0 aromatic heterocycles. The van der Waals surface area contributed by atoms with Crippen molar-refractivity contribution < 1.29 is 61.3 Å². The molecule has 6 heteroatoms. The Balaban J connectivity index is -0.0000000575. The van der Waals surface area contributed by atoms with Crippen molar-refractivity contribution in [3.8, 4) is 0 Å². The number of halogens is 2. The average Bonchev–Trinajstić information content (AvgIpc) is 1.33. The average molecular weight is 193 g/mol. The minimum atomic E-state index is -1.08. The smallest absolute Gasteiger partial charge is 0.550 e. The van der Waals surface area contributed by atoms with E-state index in [1.54, 1.807) is 0 Å². The van der Waals surface area contributed by atoms with Gasteiger partial charge in [-0.3, -0.25) is 0 Å². The summed E-state index contributed by atoms with van der Waals surface area (Å²) >= 11 is -0.639. The number of carboxylic acid groups (broad SMARTS) is 1. The predicted octanol–water partition coefficient (Wildman–Crippen LogP) is -3.24. The van der Waals surface area contributed by atoms with Gasteiger partial charge >= 0.3 is 69.5 Å². The third-order valence-electron chi connectivity index (χ3n) is 0. The summed E-state index contributed by atoms with van der Waals surface area (Å²) in [7, 11) is 9.81. The molecule has 0 aromatic carbocycles. The zero-order valence-electron chi connectivity index (χ0n) is 4.78. The SMILES string of the molecule is CC(=O)[O-].[Cl][Mg][Cl].[K+]. The molecule has 0 saturated carbocycles. The molecule has 0 aliphatic heterocycles. The molecule has 0 radical (unpaired) electrons. The Morgan fingerprint density at radius 1 is 1.62 bits per heavy atom. The Labute approximate surface area is 108 Å². The van der Waals surface area contributed by atoms with Crippen LogP contribution in [0.3, 0.4) is 0 Å². The minimum absolute atomic E-state index is 0. The minimum Gasteiger partial charge on any atom is -0.550 e. The topological polar surface area (TPSA) is 40.1 Å². The van der Waals surface area contributed by atoms with Crippen molar-refractivity contribution in [2.24, 2.45) is 0 Å². The number of carboxylic acids is 1. The molecule has 0 rings (SSSR count). The molecule has 0 aliphatic rings. The Hall–Kier alpha value is 2.45. The van der Waals surface area contributed by atoms with Gasteiger partial charge in [-0.15, -0.1) is 0 Å². The molecule has 0 atom stereocenters. The molecule has 0 spiro atoms. The summed E-state index contributed by atoms with van der Waals surface area (Å²) in [5, 5.41) is 8.89. The fourth-order valence-electron chi connectivity index (χ4n) is 0. The van der Waals surface area contributed by atoms with E-state index in [4.69, 9.17) is 28.0 Å². The molecule has 0 amide bonds. The van der Waals surface area contributed by atoms with E-state index in [-0.39, 0.29) is 51.4 Å². The molecule has 0 aliphatic carbocycles. The van der Waals surface area contributed by atoms with Crippen molar-refractivity contribution in [1.82, 2.24) is 0 Å². The summed E-state index contributed by atoms with van der Waals surface area (Å²) in [6, 6.07) is 0. The van der Waals surface area contributed by atoms with Crippen LogP contribution in [0.4, 0.5) is 0 Å². The van der Waals surface area contributed by atoms with Gasteiger partial charge in [-0.2, -0.15) is 0 Å². The molecule has 40 valence electrons. The number of carbonyl (C=O) groups is 1. The Morgan fingerprint density at radius 2 is 1.62 bits per heavy atom. The standard InChI is InChI=1S/C2H4O2.2ClH.K.Mg/c1-2(3)4;;;;/h1H3,(H,3,4);2*1H;;/q;;;+1;+2/p-3. The van der Waals surface area contributed by atoms with E-state index < -0.39 is 24.1 Å². The molecule has 0 bridgehead atoms. The summed E-state index contributed by atoms with van der Waals surface area (Å²) in [6.45, 7) is 0.972. The van der Waals surface area contributed by atoms with Crippen LogP contribution in [-0.2, 0) is 4.79 Å². The van der Waals surface area contributed by atoms with E-state index in [0.29, 0.717) is 0 Å². The molecule has 8 heavy (non-hydrogen) atoms. The van der Waals surface area contributed by atoms with Gasteiger partial charge in [0.05, 0.1) is 0 Å². The van der Waals surface area contributed by atoms with Crippen molar-refractivity contribution >= 4 is 42.3 Å². The van der Waals surface area contributed by atoms with Crippen molar-refractivity contribution in [1.29, 1.82) is 0 Å². The maximum Gasteiger partial charge on any atom is 1.00 e. The van der Waals surface area contributed by atoms with Gasteiger partial charge in [0, 0.05) is 5.97 Å². The van der Waals surface area contributed by atoms with Crippen molar-refractivity contribution in [2.45, 2.75) is 6.92 Å². The molecule has 0 unspecified atom stereocenters. The third kappa shape index (κ3) is 78.0. The fraction of sp³-hybridized carbons (Fsp3) is 0.500. The van der Waals surface area contributed by atoms with E-state index in [1.165, 1.54) is 0 Å². The fourth-order valence-corrected chi connectivity index (χ4v) is 0. The molecule has 0 fully saturated rings. The summed E-state index contributed by atoms with van der Waals surface area (Å²) in [5.41, 5.74) is 0. The van der Waals surface area contributed by atoms with Gasteiger partial charge in [0.25, 0.3) is 0 Å². The van der Waals surface area contributed by atoms with Gasteiger partial charge in [0.15, 0.2) is 0 Å². The molecular weight excluding hydrogens is 190 g/mol. The first-order chi connectivity index (χ1) is 3.15. The van der Waals surface area contributed by atoms with E-state index >= 15 is 0 Å². The van der Waals surface area contributed by atoms with Gasteiger partial charge in [-0.1, -0.05) is 0 Å². The number of aliphatic carboxylic acids is 1. The third-order valence-corrected chi connectivity index (χ3v) is 0. The van der Waals surface area contributed by atoms with E-state index in [9.17, 15) is 0 Å². The van der Waals surface area contributed by atoms with Crippen LogP contribution in [0.1, 0.15) is 6.92 Å². The monoisotopic (exact) mass is 192 g/mol. The summed E-state index contributed by atoms with van der Waals surface area (Å²) in [6.07, 6.45) is 0. The van der Waals surface area contributed by atoms with Gasteiger partial charge in [0.1, 0.15) is 0 Å². The van der Waals surface area contributed by atoms with Gasteiger partial charge in [-0.05, 0) is 6.92 Å². The van der Waals surface area contributed by atoms with Crippen LogP contribution in [0.25, 0.3) is 0 Å². The van der Waals surface area contributed by atoms with Gasteiger partial charge in [0.2, 0.25) is 0 Å². The van der Waals surface area contributed by atoms with Gasteiger partial charge < -0.3 is 28.0 Å². The van der Waals surface area contributed by atoms with Crippen LogP contribution in [0.2, 0.25) is 0 Å². The molecule has 0 saturated heterocycles. The molecule has 0 heterocycles. The Kier molecular flexibility index (Phi) is 34.1. The van der Waals surface area contributed by atoms with E-state index in [2.05, 4.69) is 0 Å². The summed E-state index contributed by atoms with van der Waals surface area (Å²) in [5.74, 6) is -1.08. The molecular formula is C2H3Cl2KMgO2. The molecule has 2 nitrogen and oxygen atoms in total. The van der Waals surface area contributed by atoms with E-state index in [1.807, 2.05) is 0 Å². The Morgan fingerprint density at radius 3 is 1.62 bits per heavy atom. The van der Waals surface area contributed by atoms with Crippen LogP contribution >= 0.6 is 18.1 Å². The Bertz CT molecular complexity index is 49.3. The molecule has 0 N–H and O–H groups in total. The van der Waals surface area contributed by atoms with Crippen LogP contribution in [-0.4, -0.2) is 24.1 Å². The van der Waals surface area contributed by atoms with Crippen molar-refractivity contribution in [3.63, 3.8) is 0 Å². The number of hydrogen-bond acceptors (Lipinski definition) is 2. The number of carbonyl (C=O) groups excluding carboxylic acids is 1. The van der Waals surface area contributed by atoms with Gasteiger partial charge in [-0.25, -0.2) is 0 Å². The second kappa shape index (κ2) is 16.2. The normalized spacial score (nSPS) is 4.38. The zero-order valence-corrected chi connectivity index (χ0v) is 10.8. The molecule has 0 aromatic rings. The summed E-state index contributed by atoms with van der Waals surface area (Å²) < 4.78 is 0. The zero-order chi connectivity index (χ0) is 6.28. The largest absolute Gasteiger partial charge is 1.00 e. The van der Waals surface area contributed by atoms with Crippen LogP contribution < -0.4 is 56.5 Å². The summed E-state index contributed by atoms with van der Waals surface area (Å²) in [4.78, 5) is 8.89. The number of hydrogen-bond donors (Lipinski definition) is 0. The maximum absolute atomic E-state index is 8.89. The van der Waals surface area contributed by atoms with Crippen LogP contribution in [0.15, 0.2) is 0 Å². The van der Waals surface area contributed by atoms with Crippen molar-refractivity contribution in [2.75, 3.05) is 0 Å². The van der Waals surface area contributed by atoms with Crippen LogP contribution in [0.5, 0.6) is 0 Å². The predicted molar refractivity (Wildman–Crippen MR) is 28.1 cm³/mol. The second-order valence-corrected chi connectivity index (χ2v) is 3.22. The van der Waals surface area contributed by atoms with E-state index in [0.717, 1.165) is 6.92 Å². The van der Waals surface area contributed by atoms with Crippen molar-refractivity contribution in [3.05, 3.63) is 0 Å². The first-order valence-electron chi connectivity index (χ1n) is 1.44. The maximum atomic E-state index is 8.89.